The first-order chi connectivity index (χ1) is 9.58. The van der Waals surface area contributed by atoms with Crippen LogP contribution >= 0.6 is 0 Å². The predicted molar refractivity (Wildman–Crippen MR) is 76.7 cm³/mol. The van der Waals surface area contributed by atoms with Gasteiger partial charge in [0.15, 0.2) is 11.5 Å². The summed E-state index contributed by atoms with van der Waals surface area (Å²) in [5.41, 5.74) is 2.07. The molecule has 0 aliphatic heterocycles. The summed E-state index contributed by atoms with van der Waals surface area (Å²) in [5, 5.41) is 14.3. The third-order valence-corrected chi connectivity index (χ3v) is 2.93. The highest BCUT2D eigenvalue weighted by atomic mass is 16.3. The number of rotatable bonds is 5. The number of aliphatic hydroxyl groups excluding tert-OH is 1. The highest BCUT2D eigenvalue weighted by molar-refractivity contribution is 5.91. The second-order valence-corrected chi connectivity index (χ2v) is 4.78. The summed E-state index contributed by atoms with van der Waals surface area (Å²) in [6.07, 6.45) is 1.41. The van der Waals surface area contributed by atoms with Crippen molar-refractivity contribution in [2.75, 3.05) is 11.9 Å². The molecule has 0 aliphatic rings. The number of urea groups is 1. The summed E-state index contributed by atoms with van der Waals surface area (Å²) >= 11 is 0. The number of nitrogens with zero attached hydrogens (tertiary/aromatic N) is 1. The summed E-state index contributed by atoms with van der Waals surface area (Å²) in [7, 11) is 0. The van der Waals surface area contributed by atoms with Crippen LogP contribution in [-0.4, -0.2) is 28.8 Å². The van der Waals surface area contributed by atoms with Crippen LogP contribution in [0.3, 0.4) is 0 Å². The minimum absolute atomic E-state index is 0.0124. The van der Waals surface area contributed by atoms with Gasteiger partial charge in [-0.1, -0.05) is 0 Å². The lowest BCUT2D eigenvalue weighted by Gasteiger charge is -2.13. The quantitative estimate of drug-likeness (QED) is 0.783. The van der Waals surface area contributed by atoms with Gasteiger partial charge >= 0.3 is 6.03 Å². The molecule has 0 radical (unpaired) electrons. The van der Waals surface area contributed by atoms with Crippen molar-refractivity contribution >= 4 is 22.8 Å². The first-order valence-corrected chi connectivity index (χ1v) is 6.64. The molecule has 20 heavy (non-hydrogen) atoms. The number of nitrogens with one attached hydrogen (secondary N) is 2. The van der Waals surface area contributed by atoms with Crippen LogP contribution in [0.15, 0.2) is 22.6 Å². The molecule has 1 aromatic heterocycles. The molecule has 0 aliphatic carbocycles. The van der Waals surface area contributed by atoms with E-state index in [9.17, 15) is 4.79 Å². The summed E-state index contributed by atoms with van der Waals surface area (Å²) in [6, 6.07) is 5.07. The lowest BCUT2D eigenvalue weighted by Crippen LogP contribution is -2.36. The molecule has 0 saturated carbocycles. The van der Waals surface area contributed by atoms with Crippen molar-refractivity contribution in [1.82, 2.24) is 10.3 Å². The van der Waals surface area contributed by atoms with Gasteiger partial charge in [0, 0.05) is 31.3 Å². The lowest BCUT2D eigenvalue weighted by atomic mass is 10.2. The van der Waals surface area contributed by atoms with E-state index in [1.807, 2.05) is 6.92 Å². The Morgan fingerprint density at radius 2 is 2.30 bits per heavy atom. The molecule has 6 heteroatoms. The van der Waals surface area contributed by atoms with E-state index in [0.29, 0.717) is 23.6 Å². The van der Waals surface area contributed by atoms with Crippen molar-refractivity contribution < 1.29 is 14.3 Å². The SMILES string of the molecule is Cc1nc2ccc(NC(=O)N[C@H](C)CCCO)cc2o1. The average Bonchev–Trinajstić information content (AvgIpc) is 2.75. The first kappa shape index (κ1) is 14.3. The normalized spacial score (nSPS) is 12.3. The van der Waals surface area contributed by atoms with Gasteiger partial charge in [0.05, 0.1) is 0 Å². The zero-order chi connectivity index (χ0) is 14.5. The highest BCUT2D eigenvalue weighted by Crippen LogP contribution is 2.19. The fraction of sp³-hybridized carbons (Fsp3) is 0.429. The van der Waals surface area contributed by atoms with Crippen LogP contribution in [0.1, 0.15) is 25.7 Å². The van der Waals surface area contributed by atoms with Gasteiger partial charge in [-0.05, 0) is 31.9 Å². The van der Waals surface area contributed by atoms with Crippen LogP contribution in [0.25, 0.3) is 11.1 Å². The molecule has 3 N–H and O–H groups in total. The Hall–Kier alpha value is -2.08. The van der Waals surface area contributed by atoms with E-state index in [0.717, 1.165) is 11.9 Å². The van der Waals surface area contributed by atoms with Crippen molar-refractivity contribution in [3.8, 4) is 0 Å². The molecule has 0 saturated heterocycles. The number of aromatic nitrogens is 1. The van der Waals surface area contributed by atoms with Gasteiger partial charge in [-0.3, -0.25) is 0 Å². The molecular weight excluding hydrogens is 258 g/mol. The molecule has 2 rings (SSSR count). The second kappa shape index (κ2) is 6.38. The Kier molecular flexibility index (Phi) is 4.57. The van der Waals surface area contributed by atoms with E-state index in [1.54, 1.807) is 25.1 Å². The summed E-state index contributed by atoms with van der Waals surface area (Å²) < 4.78 is 5.41. The zero-order valence-corrected chi connectivity index (χ0v) is 11.6. The van der Waals surface area contributed by atoms with Gasteiger partial charge in [0.2, 0.25) is 0 Å². The molecule has 0 unspecified atom stereocenters. The number of carbonyl (C=O) groups excluding carboxylic acids is 1. The topological polar surface area (TPSA) is 87.4 Å². The molecule has 108 valence electrons. The zero-order valence-electron chi connectivity index (χ0n) is 11.6. The van der Waals surface area contributed by atoms with E-state index in [2.05, 4.69) is 15.6 Å². The minimum Gasteiger partial charge on any atom is -0.441 e. The molecule has 0 fully saturated rings. The smallest absolute Gasteiger partial charge is 0.319 e. The van der Waals surface area contributed by atoms with E-state index in [4.69, 9.17) is 9.52 Å². The molecular formula is C14H19N3O3. The molecule has 1 aromatic carbocycles. The van der Waals surface area contributed by atoms with E-state index >= 15 is 0 Å². The number of oxazole rings is 1. The van der Waals surface area contributed by atoms with Crippen LogP contribution in [0.4, 0.5) is 10.5 Å². The summed E-state index contributed by atoms with van der Waals surface area (Å²) in [6.45, 7) is 3.82. The van der Waals surface area contributed by atoms with Gasteiger partial charge in [-0.15, -0.1) is 0 Å². The number of anilines is 1. The van der Waals surface area contributed by atoms with Crippen molar-refractivity contribution in [3.05, 3.63) is 24.1 Å². The van der Waals surface area contributed by atoms with Crippen molar-refractivity contribution in [2.45, 2.75) is 32.7 Å². The van der Waals surface area contributed by atoms with Crippen LogP contribution in [0.2, 0.25) is 0 Å². The molecule has 1 heterocycles. The van der Waals surface area contributed by atoms with E-state index in [-0.39, 0.29) is 18.7 Å². The van der Waals surface area contributed by atoms with Gasteiger partial charge in [-0.2, -0.15) is 0 Å². The number of amides is 2. The Balaban J connectivity index is 1.95. The van der Waals surface area contributed by atoms with Crippen molar-refractivity contribution in [2.24, 2.45) is 0 Å². The molecule has 2 amide bonds. The molecule has 1 atom stereocenters. The molecule has 6 nitrogen and oxygen atoms in total. The first-order valence-electron chi connectivity index (χ1n) is 6.64. The number of hydrogen-bond acceptors (Lipinski definition) is 4. The van der Waals surface area contributed by atoms with Gasteiger partial charge in [0.1, 0.15) is 5.52 Å². The number of benzene rings is 1. The standard InChI is InChI=1S/C14H19N3O3/c1-9(4-3-7-18)15-14(19)17-11-5-6-12-13(8-11)20-10(2)16-12/h5-6,8-9,18H,3-4,7H2,1-2H3,(H2,15,17,19)/t9-/m1/s1. The largest absolute Gasteiger partial charge is 0.441 e. The third-order valence-electron chi connectivity index (χ3n) is 2.93. The lowest BCUT2D eigenvalue weighted by molar-refractivity contribution is 0.245. The van der Waals surface area contributed by atoms with E-state index in [1.165, 1.54) is 0 Å². The van der Waals surface area contributed by atoms with Gasteiger partial charge in [0.25, 0.3) is 0 Å². The van der Waals surface area contributed by atoms with Crippen LogP contribution in [-0.2, 0) is 0 Å². The predicted octanol–water partition coefficient (Wildman–Crippen LogP) is 2.42. The van der Waals surface area contributed by atoms with Crippen LogP contribution < -0.4 is 10.6 Å². The number of carbonyl (C=O) groups is 1. The van der Waals surface area contributed by atoms with Crippen LogP contribution in [0, 0.1) is 6.92 Å². The second-order valence-electron chi connectivity index (χ2n) is 4.78. The Bertz CT molecular complexity index is 594. The maximum atomic E-state index is 11.8. The van der Waals surface area contributed by atoms with Gasteiger partial charge < -0.3 is 20.2 Å². The molecule has 0 bridgehead atoms. The third kappa shape index (κ3) is 3.71. The summed E-state index contributed by atoms with van der Waals surface area (Å²) in [5.74, 6) is 0.597. The van der Waals surface area contributed by atoms with Crippen molar-refractivity contribution in [3.63, 3.8) is 0 Å². The van der Waals surface area contributed by atoms with E-state index < -0.39 is 0 Å². The van der Waals surface area contributed by atoms with Crippen molar-refractivity contribution in [1.29, 1.82) is 0 Å². The maximum Gasteiger partial charge on any atom is 0.319 e. The Labute approximate surface area is 117 Å². The minimum atomic E-state index is -0.272. The molecule has 2 aromatic rings. The summed E-state index contributed by atoms with van der Waals surface area (Å²) in [4.78, 5) is 16.0. The fourth-order valence-corrected chi connectivity index (χ4v) is 1.98. The Morgan fingerprint density at radius 1 is 1.50 bits per heavy atom. The number of fused-ring (bicyclic) bond motifs is 1. The average molecular weight is 277 g/mol. The van der Waals surface area contributed by atoms with Gasteiger partial charge in [-0.25, -0.2) is 9.78 Å². The monoisotopic (exact) mass is 277 g/mol. The highest BCUT2D eigenvalue weighted by Gasteiger charge is 2.08. The maximum absolute atomic E-state index is 11.8. The molecule has 0 spiro atoms. The number of hydrogen-bond donors (Lipinski definition) is 3. The Morgan fingerprint density at radius 3 is 3.05 bits per heavy atom. The number of aliphatic hydroxyl groups is 1. The number of aryl methyl sites for hydroxylation is 1. The fourth-order valence-electron chi connectivity index (χ4n) is 1.98. The van der Waals surface area contributed by atoms with Crippen LogP contribution in [0.5, 0.6) is 0 Å².